The van der Waals surface area contributed by atoms with Crippen LogP contribution in [-0.4, -0.2) is 29.0 Å². The van der Waals surface area contributed by atoms with Gasteiger partial charge in [-0.25, -0.2) is 9.97 Å². The molecular weight excluding hydrogens is 240 g/mol. The van der Waals surface area contributed by atoms with E-state index in [1.165, 1.54) is 6.33 Å². The maximum absolute atomic E-state index is 11.9. The smallest absolute Gasteiger partial charge is 0.270 e. The summed E-state index contributed by atoms with van der Waals surface area (Å²) in [6, 6.07) is 1.69. The Hall–Kier alpha value is -1.65. The molecule has 1 aromatic rings. The summed E-state index contributed by atoms with van der Waals surface area (Å²) in [5.74, 6) is 1.15. The van der Waals surface area contributed by atoms with Crippen LogP contribution in [0.5, 0.6) is 0 Å². The zero-order valence-electron chi connectivity index (χ0n) is 12.1. The molecule has 1 rings (SSSR count). The number of nitrogens with one attached hydrogen (secondary N) is 2. The molecule has 1 aromatic heterocycles. The van der Waals surface area contributed by atoms with Crippen molar-refractivity contribution in [1.82, 2.24) is 15.3 Å². The van der Waals surface area contributed by atoms with Crippen LogP contribution >= 0.6 is 0 Å². The minimum atomic E-state index is -0.137. The Labute approximate surface area is 115 Å². The molecule has 106 valence electrons. The number of hydrogen-bond acceptors (Lipinski definition) is 4. The Morgan fingerprint density at radius 3 is 2.79 bits per heavy atom. The van der Waals surface area contributed by atoms with Crippen molar-refractivity contribution in [3.05, 3.63) is 18.1 Å². The van der Waals surface area contributed by atoms with Crippen LogP contribution in [0.4, 0.5) is 5.82 Å². The second kappa shape index (κ2) is 8.45. The summed E-state index contributed by atoms with van der Waals surface area (Å²) in [7, 11) is 0. The summed E-state index contributed by atoms with van der Waals surface area (Å²) in [5, 5.41) is 6.05. The number of rotatable bonds is 8. The van der Waals surface area contributed by atoms with E-state index >= 15 is 0 Å². The fourth-order valence-corrected chi connectivity index (χ4v) is 1.54. The van der Waals surface area contributed by atoms with E-state index in [4.69, 9.17) is 0 Å². The summed E-state index contributed by atoms with van der Waals surface area (Å²) in [6.07, 6.45) is 4.60. The standard InChI is InChI=1S/C14H24N4O/c1-4-5-7-15-13-9-12(17-10-18-13)14(19)16-8-6-11(2)3/h9-11H,4-8H2,1-3H3,(H,16,19)(H,15,17,18). The fraction of sp³-hybridized carbons (Fsp3) is 0.643. The van der Waals surface area contributed by atoms with Crippen molar-refractivity contribution in [3.8, 4) is 0 Å². The van der Waals surface area contributed by atoms with Gasteiger partial charge in [-0.1, -0.05) is 27.2 Å². The molecule has 0 atom stereocenters. The highest BCUT2D eigenvalue weighted by molar-refractivity contribution is 5.92. The summed E-state index contributed by atoms with van der Waals surface area (Å²) in [4.78, 5) is 20.0. The van der Waals surface area contributed by atoms with E-state index in [0.717, 1.165) is 25.8 Å². The molecule has 2 N–H and O–H groups in total. The number of hydrogen-bond donors (Lipinski definition) is 2. The maximum Gasteiger partial charge on any atom is 0.270 e. The number of amides is 1. The quantitative estimate of drug-likeness (QED) is 0.708. The van der Waals surface area contributed by atoms with Crippen LogP contribution in [0.3, 0.4) is 0 Å². The molecule has 0 aromatic carbocycles. The van der Waals surface area contributed by atoms with Crippen molar-refractivity contribution >= 4 is 11.7 Å². The molecule has 0 spiro atoms. The monoisotopic (exact) mass is 264 g/mol. The Bertz CT molecular complexity index is 393. The summed E-state index contributed by atoms with van der Waals surface area (Å²) in [6.45, 7) is 7.94. The van der Waals surface area contributed by atoms with Gasteiger partial charge in [0.2, 0.25) is 0 Å². The lowest BCUT2D eigenvalue weighted by atomic mass is 10.1. The first-order valence-electron chi connectivity index (χ1n) is 6.97. The number of anilines is 1. The van der Waals surface area contributed by atoms with Gasteiger partial charge in [-0.15, -0.1) is 0 Å². The normalized spacial score (nSPS) is 10.5. The van der Waals surface area contributed by atoms with Crippen molar-refractivity contribution in [3.63, 3.8) is 0 Å². The highest BCUT2D eigenvalue weighted by atomic mass is 16.1. The first-order chi connectivity index (χ1) is 9.13. The van der Waals surface area contributed by atoms with Crippen LogP contribution < -0.4 is 10.6 Å². The molecule has 1 amide bonds. The van der Waals surface area contributed by atoms with Crippen LogP contribution in [0.1, 0.15) is 50.5 Å². The number of carbonyl (C=O) groups is 1. The van der Waals surface area contributed by atoms with Gasteiger partial charge in [0.25, 0.3) is 5.91 Å². The number of unbranched alkanes of at least 4 members (excludes halogenated alkanes) is 1. The second-order valence-corrected chi connectivity index (χ2v) is 5.01. The van der Waals surface area contributed by atoms with Gasteiger partial charge >= 0.3 is 0 Å². The molecule has 5 nitrogen and oxygen atoms in total. The topological polar surface area (TPSA) is 66.9 Å². The van der Waals surface area contributed by atoms with Gasteiger partial charge in [0.1, 0.15) is 17.8 Å². The van der Waals surface area contributed by atoms with Crippen molar-refractivity contribution in [2.24, 2.45) is 5.92 Å². The molecule has 0 fully saturated rings. The molecular formula is C14H24N4O. The number of nitrogens with zero attached hydrogens (tertiary/aromatic N) is 2. The number of aromatic nitrogens is 2. The molecule has 0 radical (unpaired) electrons. The van der Waals surface area contributed by atoms with Gasteiger partial charge in [-0.3, -0.25) is 4.79 Å². The molecule has 19 heavy (non-hydrogen) atoms. The third-order valence-electron chi connectivity index (χ3n) is 2.74. The summed E-state index contributed by atoms with van der Waals surface area (Å²) < 4.78 is 0. The Morgan fingerprint density at radius 1 is 1.32 bits per heavy atom. The summed E-state index contributed by atoms with van der Waals surface area (Å²) >= 11 is 0. The molecule has 0 unspecified atom stereocenters. The molecule has 0 aliphatic carbocycles. The van der Waals surface area contributed by atoms with E-state index in [1.54, 1.807) is 6.07 Å². The lowest BCUT2D eigenvalue weighted by Crippen LogP contribution is -2.26. The van der Waals surface area contributed by atoms with E-state index in [9.17, 15) is 4.79 Å². The van der Waals surface area contributed by atoms with Crippen molar-refractivity contribution < 1.29 is 4.79 Å². The van der Waals surface area contributed by atoms with E-state index < -0.39 is 0 Å². The predicted octanol–water partition coefficient (Wildman–Crippen LogP) is 2.46. The van der Waals surface area contributed by atoms with Gasteiger partial charge in [0, 0.05) is 19.2 Å². The third kappa shape index (κ3) is 6.18. The zero-order valence-corrected chi connectivity index (χ0v) is 12.1. The van der Waals surface area contributed by atoms with E-state index in [-0.39, 0.29) is 5.91 Å². The molecule has 1 heterocycles. The molecule has 0 bridgehead atoms. The largest absolute Gasteiger partial charge is 0.370 e. The molecule has 0 aliphatic rings. The fourth-order valence-electron chi connectivity index (χ4n) is 1.54. The second-order valence-electron chi connectivity index (χ2n) is 5.01. The average Bonchev–Trinajstić information content (AvgIpc) is 2.39. The van der Waals surface area contributed by atoms with Crippen molar-refractivity contribution in [1.29, 1.82) is 0 Å². The Balaban J connectivity index is 2.48. The third-order valence-corrected chi connectivity index (χ3v) is 2.74. The Morgan fingerprint density at radius 2 is 2.11 bits per heavy atom. The molecule has 0 saturated heterocycles. The minimum Gasteiger partial charge on any atom is -0.370 e. The van der Waals surface area contributed by atoms with Crippen LogP contribution in [0.2, 0.25) is 0 Å². The maximum atomic E-state index is 11.9. The Kier molecular flexibility index (Phi) is 6.85. The lowest BCUT2D eigenvalue weighted by Gasteiger charge is -2.08. The lowest BCUT2D eigenvalue weighted by molar-refractivity contribution is 0.0947. The summed E-state index contributed by atoms with van der Waals surface area (Å²) in [5.41, 5.74) is 0.415. The zero-order chi connectivity index (χ0) is 14.1. The van der Waals surface area contributed by atoms with Gasteiger partial charge < -0.3 is 10.6 Å². The first-order valence-corrected chi connectivity index (χ1v) is 6.97. The van der Waals surface area contributed by atoms with Crippen LogP contribution in [0, 0.1) is 5.92 Å². The van der Waals surface area contributed by atoms with Gasteiger partial charge in [0.05, 0.1) is 0 Å². The van der Waals surface area contributed by atoms with Crippen LogP contribution in [0.25, 0.3) is 0 Å². The van der Waals surface area contributed by atoms with Gasteiger partial charge in [0.15, 0.2) is 0 Å². The molecule has 0 aliphatic heterocycles. The van der Waals surface area contributed by atoms with Crippen LogP contribution in [-0.2, 0) is 0 Å². The minimum absolute atomic E-state index is 0.137. The van der Waals surface area contributed by atoms with Crippen LogP contribution in [0.15, 0.2) is 12.4 Å². The van der Waals surface area contributed by atoms with E-state index in [2.05, 4.69) is 41.4 Å². The highest BCUT2D eigenvalue weighted by Gasteiger charge is 2.08. The molecule has 5 heteroatoms. The average molecular weight is 264 g/mol. The SMILES string of the molecule is CCCCNc1cc(C(=O)NCCC(C)C)ncn1. The number of carbonyl (C=O) groups excluding carboxylic acids is 1. The van der Waals surface area contributed by atoms with Crippen molar-refractivity contribution in [2.75, 3.05) is 18.4 Å². The van der Waals surface area contributed by atoms with Crippen molar-refractivity contribution in [2.45, 2.75) is 40.0 Å². The van der Waals surface area contributed by atoms with E-state index in [1.807, 2.05) is 0 Å². The highest BCUT2D eigenvalue weighted by Crippen LogP contribution is 2.05. The predicted molar refractivity (Wildman–Crippen MR) is 77.2 cm³/mol. The molecule has 0 saturated carbocycles. The first kappa shape index (κ1) is 15.4. The van der Waals surface area contributed by atoms with Gasteiger partial charge in [-0.05, 0) is 18.8 Å². The van der Waals surface area contributed by atoms with E-state index in [0.29, 0.717) is 24.0 Å². The van der Waals surface area contributed by atoms with Gasteiger partial charge in [-0.2, -0.15) is 0 Å².